The number of halogens is 1. The number of hydrogen-bond donors (Lipinski definition) is 0. The fourth-order valence-electron chi connectivity index (χ4n) is 4.28. The molecule has 7 nitrogen and oxygen atoms in total. The summed E-state index contributed by atoms with van der Waals surface area (Å²) < 4.78 is 12.7. The topological polar surface area (TPSA) is 64.0 Å². The molecule has 0 aliphatic carbocycles. The Morgan fingerprint density at radius 2 is 1.82 bits per heavy atom. The van der Waals surface area contributed by atoms with Crippen LogP contribution in [0, 0.1) is 0 Å². The molecular formula is C30H38ClN3O4. The van der Waals surface area contributed by atoms with E-state index >= 15 is 0 Å². The van der Waals surface area contributed by atoms with Crippen LogP contribution in [0.1, 0.15) is 48.3 Å². The van der Waals surface area contributed by atoms with E-state index in [0.717, 1.165) is 23.4 Å². The monoisotopic (exact) mass is 539 g/mol. The molecular weight excluding hydrogens is 502 g/mol. The summed E-state index contributed by atoms with van der Waals surface area (Å²) in [4.78, 5) is 30.5. The van der Waals surface area contributed by atoms with Crippen LogP contribution in [0.4, 0.5) is 0 Å². The zero-order chi connectivity index (χ0) is 27.5. The Hall–Kier alpha value is -3.29. The Morgan fingerprint density at radius 3 is 2.50 bits per heavy atom. The van der Waals surface area contributed by atoms with Gasteiger partial charge in [-0.15, -0.1) is 0 Å². The van der Waals surface area contributed by atoms with Crippen molar-refractivity contribution in [2.45, 2.75) is 45.8 Å². The first kappa shape index (κ1) is 29.3. The molecule has 0 radical (unpaired) electrons. The van der Waals surface area contributed by atoms with Crippen molar-refractivity contribution in [2.75, 3.05) is 33.9 Å². The molecule has 0 aliphatic rings. The van der Waals surface area contributed by atoms with E-state index in [-0.39, 0.29) is 24.4 Å². The number of ether oxygens (including phenoxy) is 2. The number of amides is 2. The number of nitrogens with zero attached hydrogens (tertiary/aromatic N) is 3. The number of benzene rings is 2. The van der Waals surface area contributed by atoms with Gasteiger partial charge in [0.15, 0.2) is 0 Å². The van der Waals surface area contributed by atoms with E-state index in [0.29, 0.717) is 43.2 Å². The van der Waals surface area contributed by atoms with Crippen LogP contribution in [0.25, 0.3) is 0 Å². The highest BCUT2D eigenvalue weighted by atomic mass is 35.5. The van der Waals surface area contributed by atoms with Crippen LogP contribution in [0.15, 0.2) is 66.9 Å². The standard InChI is InChI=1S/C30H38ClN3O4/c1-5-23(2)34(21-27-10-7-16-32(27)20-24-9-6-11-28(19-24)38-4)29(35)22-33(17-8-18-37-3)30(36)25-12-14-26(31)15-13-25/h6-7,9-16,19,23H,5,8,17-18,20-22H2,1-4H3. The lowest BCUT2D eigenvalue weighted by Crippen LogP contribution is -2.46. The van der Waals surface area contributed by atoms with Gasteiger partial charge in [-0.05, 0) is 73.9 Å². The predicted octanol–water partition coefficient (Wildman–Crippen LogP) is 5.50. The van der Waals surface area contributed by atoms with Gasteiger partial charge >= 0.3 is 0 Å². The second-order valence-electron chi connectivity index (χ2n) is 9.34. The van der Waals surface area contributed by atoms with Gasteiger partial charge in [0.1, 0.15) is 12.3 Å². The summed E-state index contributed by atoms with van der Waals surface area (Å²) in [7, 11) is 3.29. The summed E-state index contributed by atoms with van der Waals surface area (Å²) in [5.41, 5.74) is 2.64. The molecule has 0 fully saturated rings. The van der Waals surface area contributed by atoms with Crippen molar-refractivity contribution in [3.8, 4) is 5.75 Å². The molecule has 0 saturated heterocycles. The molecule has 0 saturated carbocycles. The van der Waals surface area contributed by atoms with Crippen LogP contribution in [-0.4, -0.2) is 66.1 Å². The minimum Gasteiger partial charge on any atom is -0.497 e. The van der Waals surface area contributed by atoms with Gasteiger partial charge in [0, 0.05) is 55.3 Å². The van der Waals surface area contributed by atoms with Gasteiger partial charge in [-0.1, -0.05) is 30.7 Å². The van der Waals surface area contributed by atoms with Gasteiger partial charge in [0.2, 0.25) is 5.91 Å². The third kappa shape index (κ3) is 8.10. The van der Waals surface area contributed by atoms with Crippen molar-refractivity contribution in [1.82, 2.24) is 14.4 Å². The Bertz CT molecular complexity index is 1180. The van der Waals surface area contributed by atoms with Crippen LogP contribution in [-0.2, 0) is 22.6 Å². The molecule has 8 heteroatoms. The third-order valence-corrected chi connectivity index (χ3v) is 6.92. The second-order valence-corrected chi connectivity index (χ2v) is 9.77. The smallest absolute Gasteiger partial charge is 0.254 e. The molecule has 204 valence electrons. The Labute approximate surface area is 230 Å². The predicted molar refractivity (Wildman–Crippen MR) is 151 cm³/mol. The Kier molecular flexibility index (Phi) is 11.2. The lowest BCUT2D eigenvalue weighted by Gasteiger charge is -2.32. The largest absolute Gasteiger partial charge is 0.497 e. The van der Waals surface area contributed by atoms with E-state index in [4.69, 9.17) is 21.1 Å². The quantitative estimate of drug-likeness (QED) is 0.254. The van der Waals surface area contributed by atoms with E-state index in [2.05, 4.69) is 17.6 Å². The van der Waals surface area contributed by atoms with E-state index in [1.165, 1.54) is 0 Å². The van der Waals surface area contributed by atoms with Crippen LogP contribution in [0.2, 0.25) is 5.02 Å². The third-order valence-electron chi connectivity index (χ3n) is 6.67. The van der Waals surface area contributed by atoms with Gasteiger partial charge in [-0.3, -0.25) is 9.59 Å². The summed E-state index contributed by atoms with van der Waals surface area (Å²) in [6.45, 7) is 6.14. The van der Waals surface area contributed by atoms with Gasteiger partial charge in [-0.25, -0.2) is 0 Å². The van der Waals surface area contributed by atoms with Crippen LogP contribution >= 0.6 is 11.6 Å². The normalized spacial score (nSPS) is 11.7. The molecule has 0 bridgehead atoms. The fraction of sp³-hybridized carbons (Fsp3) is 0.400. The van der Waals surface area contributed by atoms with Crippen LogP contribution in [0.5, 0.6) is 5.75 Å². The first-order chi connectivity index (χ1) is 18.4. The van der Waals surface area contributed by atoms with Crippen molar-refractivity contribution in [1.29, 1.82) is 0 Å². The molecule has 3 aromatic rings. The van der Waals surface area contributed by atoms with Crippen molar-refractivity contribution in [3.05, 3.63) is 88.7 Å². The van der Waals surface area contributed by atoms with Crippen LogP contribution in [0.3, 0.4) is 0 Å². The van der Waals surface area contributed by atoms with Gasteiger partial charge in [0.05, 0.1) is 13.7 Å². The van der Waals surface area contributed by atoms with E-state index in [1.54, 1.807) is 43.4 Å². The number of carbonyl (C=O) groups is 2. The zero-order valence-corrected chi connectivity index (χ0v) is 23.5. The lowest BCUT2D eigenvalue weighted by molar-refractivity contribution is -0.134. The average Bonchev–Trinajstić information content (AvgIpc) is 3.37. The highest BCUT2D eigenvalue weighted by molar-refractivity contribution is 6.30. The molecule has 1 unspecified atom stereocenters. The Morgan fingerprint density at radius 1 is 1.05 bits per heavy atom. The molecule has 38 heavy (non-hydrogen) atoms. The molecule has 3 rings (SSSR count). The van der Waals surface area contributed by atoms with E-state index in [1.807, 2.05) is 48.4 Å². The Balaban J connectivity index is 1.79. The summed E-state index contributed by atoms with van der Waals surface area (Å²) in [5.74, 6) is 0.524. The molecule has 0 spiro atoms. The SMILES string of the molecule is CCC(C)N(Cc1cccn1Cc1cccc(OC)c1)C(=O)CN(CCCOC)C(=O)c1ccc(Cl)cc1. The minimum atomic E-state index is -0.198. The molecule has 2 amide bonds. The summed E-state index contributed by atoms with van der Waals surface area (Å²) in [6, 6.07) is 18.8. The molecule has 0 N–H and O–H groups in total. The van der Waals surface area contributed by atoms with Crippen molar-refractivity contribution in [3.63, 3.8) is 0 Å². The second kappa shape index (κ2) is 14.6. The summed E-state index contributed by atoms with van der Waals surface area (Å²) in [6.07, 6.45) is 3.46. The number of aromatic nitrogens is 1. The molecule has 0 aliphatic heterocycles. The van der Waals surface area contributed by atoms with Gasteiger partial charge in [0.25, 0.3) is 5.91 Å². The van der Waals surface area contributed by atoms with Crippen molar-refractivity contribution >= 4 is 23.4 Å². The number of methoxy groups -OCH3 is 2. The molecule has 1 heterocycles. The number of rotatable bonds is 14. The number of carbonyl (C=O) groups excluding carboxylic acids is 2. The van der Waals surface area contributed by atoms with Gasteiger partial charge in [-0.2, -0.15) is 0 Å². The molecule has 2 aromatic carbocycles. The van der Waals surface area contributed by atoms with Crippen molar-refractivity contribution in [2.24, 2.45) is 0 Å². The molecule has 1 atom stereocenters. The zero-order valence-electron chi connectivity index (χ0n) is 22.7. The maximum absolute atomic E-state index is 13.7. The fourth-order valence-corrected chi connectivity index (χ4v) is 4.41. The summed E-state index contributed by atoms with van der Waals surface area (Å²) >= 11 is 6.01. The van der Waals surface area contributed by atoms with Gasteiger partial charge < -0.3 is 23.8 Å². The van der Waals surface area contributed by atoms with Crippen molar-refractivity contribution < 1.29 is 19.1 Å². The lowest BCUT2D eigenvalue weighted by atomic mass is 10.1. The highest BCUT2D eigenvalue weighted by Gasteiger charge is 2.25. The number of hydrogen-bond acceptors (Lipinski definition) is 4. The van der Waals surface area contributed by atoms with E-state index in [9.17, 15) is 9.59 Å². The molecule has 1 aromatic heterocycles. The first-order valence-corrected chi connectivity index (χ1v) is 13.3. The van der Waals surface area contributed by atoms with E-state index < -0.39 is 0 Å². The summed E-state index contributed by atoms with van der Waals surface area (Å²) in [5, 5.41) is 0.559. The maximum Gasteiger partial charge on any atom is 0.254 e. The average molecular weight is 540 g/mol. The first-order valence-electron chi connectivity index (χ1n) is 13.0. The maximum atomic E-state index is 13.7. The minimum absolute atomic E-state index is 0.00783. The van der Waals surface area contributed by atoms with Crippen LogP contribution < -0.4 is 4.74 Å². The highest BCUT2D eigenvalue weighted by Crippen LogP contribution is 2.18.